The van der Waals surface area contributed by atoms with E-state index in [9.17, 15) is 24.6 Å². The van der Waals surface area contributed by atoms with Crippen molar-refractivity contribution in [2.75, 3.05) is 6.54 Å². The SMILES string of the molecule is C[C@@H](NC(=O)C(O)C(CCC(C)(C)C)(NC(=O)O)N1CCCC1=O)c1ccccc1. The van der Waals surface area contributed by atoms with Crippen LogP contribution in [0.4, 0.5) is 4.79 Å². The Balaban J connectivity index is 2.35. The molecule has 1 aliphatic rings. The van der Waals surface area contributed by atoms with E-state index in [2.05, 4.69) is 10.6 Å². The average molecular weight is 420 g/mol. The Morgan fingerprint density at radius 1 is 1.17 bits per heavy atom. The highest BCUT2D eigenvalue weighted by molar-refractivity contribution is 5.86. The van der Waals surface area contributed by atoms with Crippen LogP contribution in [-0.4, -0.2) is 51.3 Å². The van der Waals surface area contributed by atoms with Gasteiger partial charge in [-0.1, -0.05) is 51.1 Å². The largest absolute Gasteiger partial charge is 0.465 e. The standard InChI is InChI=1S/C22H33N3O5/c1-15(16-9-6-5-7-10-16)23-19(28)18(27)22(24-20(29)30,13-12-21(2,3)4)25-14-8-11-17(25)26/h5-7,9-10,15,18,24,27H,8,11-14H2,1-4H3,(H,23,28)(H,29,30)/t15-,18?,22?/m1/s1. The average Bonchev–Trinajstić information content (AvgIpc) is 3.10. The lowest BCUT2D eigenvalue weighted by Gasteiger charge is -2.45. The van der Waals surface area contributed by atoms with Crippen LogP contribution < -0.4 is 10.6 Å². The number of likely N-dealkylation sites (tertiary alicyclic amines) is 1. The summed E-state index contributed by atoms with van der Waals surface area (Å²) in [6.45, 7) is 8.00. The van der Waals surface area contributed by atoms with Crippen molar-refractivity contribution in [1.82, 2.24) is 15.5 Å². The lowest BCUT2D eigenvalue weighted by atomic mass is 9.83. The molecule has 1 saturated heterocycles. The second-order valence-electron chi connectivity index (χ2n) is 9.11. The van der Waals surface area contributed by atoms with Gasteiger partial charge in [-0.05, 0) is 37.2 Å². The van der Waals surface area contributed by atoms with E-state index in [4.69, 9.17) is 0 Å². The number of rotatable bonds is 8. The van der Waals surface area contributed by atoms with Gasteiger partial charge in [0.25, 0.3) is 5.91 Å². The second-order valence-corrected chi connectivity index (χ2v) is 9.11. The molecular weight excluding hydrogens is 386 g/mol. The maximum Gasteiger partial charge on any atom is 0.406 e. The Kier molecular flexibility index (Phi) is 7.47. The molecule has 1 heterocycles. The predicted molar refractivity (Wildman–Crippen MR) is 113 cm³/mol. The fourth-order valence-electron chi connectivity index (χ4n) is 3.77. The Hall–Kier alpha value is -2.61. The lowest BCUT2D eigenvalue weighted by Crippen LogP contribution is -2.70. The number of amides is 3. The predicted octanol–water partition coefficient (Wildman–Crippen LogP) is 2.64. The first-order valence-corrected chi connectivity index (χ1v) is 10.3. The van der Waals surface area contributed by atoms with Crippen LogP contribution in [0.2, 0.25) is 0 Å². The van der Waals surface area contributed by atoms with Crippen LogP contribution in [0.3, 0.4) is 0 Å². The number of nitrogens with zero attached hydrogens (tertiary/aromatic N) is 1. The maximum atomic E-state index is 13.0. The van der Waals surface area contributed by atoms with E-state index >= 15 is 0 Å². The molecule has 0 spiro atoms. The molecule has 2 rings (SSSR count). The molecule has 30 heavy (non-hydrogen) atoms. The fourth-order valence-corrected chi connectivity index (χ4v) is 3.77. The molecule has 0 radical (unpaired) electrons. The molecule has 1 aromatic rings. The maximum absolute atomic E-state index is 13.0. The fraction of sp³-hybridized carbons (Fsp3) is 0.591. The van der Waals surface area contributed by atoms with Crippen LogP contribution >= 0.6 is 0 Å². The van der Waals surface area contributed by atoms with E-state index in [-0.39, 0.29) is 30.7 Å². The van der Waals surface area contributed by atoms with Gasteiger partial charge in [-0.2, -0.15) is 0 Å². The van der Waals surface area contributed by atoms with Crippen molar-refractivity contribution in [3.63, 3.8) is 0 Å². The first-order chi connectivity index (χ1) is 14.0. The molecule has 8 heteroatoms. The van der Waals surface area contributed by atoms with Crippen molar-refractivity contribution in [1.29, 1.82) is 0 Å². The van der Waals surface area contributed by atoms with Crippen molar-refractivity contribution in [3.05, 3.63) is 35.9 Å². The third-order valence-electron chi connectivity index (χ3n) is 5.49. The summed E-state index contributed by atoms with van der Waals surface area (Å²) in [5.41, 5.74) is -1.07. The van der Waals surface area contributed by atoms with Crippen LogP contribution in [0.25, 0.3) is 0 Å². The molecule has 0 aliphatic carbocycles. The summed E-state index contributed by atoms with van der Waals surface area (Å²) >= 11 is 0. The summed E-state index contributed by atoms with van der Waals surface area (Å²) < 4.78 is 0. The molecule has 3 amide bonds. The second kappa shape index (κ2) is 9.47. The highest BCUT2D eigenvalue weighted by Gasteiger charge is 2.51. The zero-order chi connectivity index (χ0) is 22.5. The van der Waals surface area contributed by atoms with E-state index in [0.29, 0.717) is 12.8 Å². The quantitative estimate of drug-likeness (QED) is 0.516. The minimum atomic E-state index is -1.76. The number of hydrogen-bond donors (Lipinski definition) is 4. The van der Waals surface area contributed by atoms with E-state index in [1.165, 1.54) is 4.90 Å². The first kappa shape index (κ1) is 23.7. The van der Waals surface area contributed by atoms with Crippen molar-refractivity contribution in [2.24, 2.45) is 5.41 Å². The van der Waals surface area contributed by atoms with Crippen LogP contribution in [0, 0.1) is 5.41 Å². The number of hydrogen-bond acceptors (Lipinski definition) is 4. The molecule has 8 nitrogen and oxygen atoms in total. The molecule has 0 saturated carbocycles. The van der Waals surface area contributed by atoms with Crippen LogP contribution in [0.1, 0.15) is 65.0 Å². The number of aliphatic hydroxyl groups excluding tert-OH is 1. The Morgan fingerprint density at radius 3 is 2.30 bits per heavy atom. The molecule has 1 aliphatic heterocycles. The summed E-state index contributed by atoms with van der Waals surface area (Å²) in [5.74, 6) is -1.01. The van der Waals surface area contributed by atoms with Gasteiger partial charge in [0.1, 0.15) is 0 Å². The van der Waals surface area contributed by atoms with Crippen molar-refractivity contribution < 1.29 is 24.6 Å². The third-order valence-corrected chi connectivity index (χ3v) is 5.49. The van der Waals surface area contributed by atoms with Gasteiger partial charge >= 0.3 is 6.09 Å². The van der Waals surface area contributed by atoms with Crippen LogP contribution in [0.5, 0.6) is 0 Å². The number of aliphatic hydroxyl groups is 1. The van der Waals surface area contributed by atoms with Gasteiger partial charge in [0.05, 0.1) is 6.04 Å². The monoisotopic (exact) mass is 419 g/mol. The molecule has 3 atom stereocenters. The Morgan fingerprint density at radius 2 is 1.80 bits per heavy atom. The van der Waals surface area contributed by atoms with Crippen LogP contribution in [0.15, 0.2) is 30.3 Å². The van der Waals surface area contributed by atoms with Crippen molar-refractivity contribution in [2.45, 2.75) is 71.2 Å². The summed E-state index contributed by atoms with van der Waals surface area (Å²) in [7, 11) is 0. The van der Waals surface area contributed by atoms with Crippen molar-refractivity contribution in [3.8, 4) is 0 Å². The van der Waals surface area contributed by atoms with E-state index in [0.717, 1.165) is 5.56 Å². The molecule has 0 bridgehead atoms. The number of carboxylic acid groups (broad SMARTS) is 1. The molecule has 1 aromatic carbocycles. The molecule has 0 aromatic heterocycles. The molecule has 166 valence electrons. The summed E-state index contributed by atoms with van der Waals surface area (Å²) in [5, 5.41) is 25.7. The Labute approximate surface area is 177 Å². The van der Waals surface area contributed by atoms with E-state index < -0.39 is 29.8 Å². The smallest absolute Gasteiger partial charge is 0.406 e. The molecule has 4 N–H and O–H groups in total. The molecule has 2 unspecified atom stereocenters. The minimum absolute atomic E-state index is 0.114. The topological polar surface area (TPSA) is 119 Å². The first-order valence-electron chi connectivity index (χ1n) is 10.3. The highest BCUT2D eigenvalue weighted by atomic mass is 16.4. The van der Waals surface area contributed by atoms with E-state index in [1.54, 1.807) is 6.92 Å². The van der Waals surface area contributed by atoms with Gasteiger partial charge in [0.2, 0.25) is 5.91 Å². The third kappa shape index (κ3) is 5.72. The summed E-state index contributed by atoms with van der Waals surface area (Å²) in [6.07, 6.45) is -1.74. The zero-order valence-corrected chi connectivity index (χ0v) is 18.1. The van der Waals surface area contributed by atoms with Gasteiger partial charge < -0.3 is 20.4 Å². The molecule has 1 fully saturated rings. The van der Waals surface area contributed by atoms with E-state index in [1.807, 2.05) is 51.1 Å². The number of carbonyl (C=O) groups is 3. The molecular formula is C22H33N3O5. The number of nitrogens with one attached hydrogen (secondary N) is 2. The highest BCUT2D eigenvalue weighted by Crippen LogP contribution is 2.33. The van der Waals surface area contributed by atoms with Gasteiger partial charge in [0, 0.05) is 13.0 Å². The van der Waals surface area contributed by atoms with Crippen molar-refractivity contribution >= 4 is 17.9 Å². The van der Waals surface area contributed by atoms with Gasteiger partial charge in [0.15, 0.2) is 11.8 Å². The van der Waals surface area contributed by atoms with Gasteiger partial charge in [-0.25, -0.2) is 4.79 Å². The lowest BCUT2D eigenvalue weighted by molar-refractivity contribution is -0.151. The summed E-state index contributed by atoms with van der Waals surface area (Å²) in [6, 6.07) is 8.86. The van der Waals surface area contributed by atoms with Crippen LogP contribution in [-0.2, 0) is 9.59 Å². The Bertz CT molecular complexity index is 762. The summed E-state index contributed by atoms with van der Waals surface area (Å²) in [4.78, 5) is 38.6. The minimum Gasteiger partial charge on any atom is -0.465 e. The number of benzene rings is 1. The van der Waals surface area contributed by atoms with Gasteiger partial charge in [-0.3, -0.25) is 14.9 Å². The zero-order valence-electron chi connectivity index (χ0n) is 18.1. The van der Waals surface area contributed by atoms with Gasteiger partial charge in [-0.15, -0.1) is 0 Å². The number of carbonyl (C=O) groups excluding carboxylic acids is 2. The normalized spacial score (nSPS) is 18.4.